The van der Waals surface area contributed by atoms with Gasteiger partial charge in [-0.15, -0.1) is 0 Å². The van der Waals surface area contributed by atoms with Crippen molar-refractivity contribution < 1.29 is 9.53 Å². The minimum Gasteiger partial charge on any atom is -0.495 e. The average Bonchev–Trinajstić information content (AvgIpc) is 2.21. The lowest BCUT2D eigenvalue weighted by atomic mass is 10.1. The average molecular weight is 243 g/mol. The van der Waals surface area contributed by atoms with Gasteiger partial charge in [0, 0.05) is 19.1 Å². The molecule has 0 aliphatic rings. The van der Waals surface area contributed by atoms with Crippen LogP contribution in [0.15, 0.2) is 12.1 Å². The first-order valence-corrected chi connectivity index (χ1v) is 5.15. The second-order valence-corrected chi connectivity index (χ2v) is 4.06. The number of halogens is 1. The molecule has 1 aromatic rings. The molecule has 0 aliphatic carbocycles. The van der Waals surface area contributed by atoms with Crippen LogP contribution in [-0.2, 0) is 11.2 Å². The molecule has 0 bridgehead atoms. The fraction of sp³-hybridized carbons (Fsp3) is 0.364. The van der Waals surface area contributed by atoms with Crippen LogP contribution < -0.4 is 10.5 Å². The Kier molecular flexibility index (Phi) is 4.01. The van der Waals surface area contributed by atoms with Crippen molar-refractivity contribution in [2.45, 2.75) is 6.42 Å². The summed E-state index contributed by atoms with van der Waals surface area (Å²) in [5.74, 6) is 0.514. The van der Waals surface area contributed by atoms with E-state index in [0.717, 1.165) is 0 Å². The summed E-state index contributed by atoms with van der Waals surface area (Å²) in [5, 5.41) is 0.480. The van der Waals surface area contributed by atoms with E-state index in [2.05, 4.69) is 0 Å². The maximum absolute atomic E-state index is 11.5. The van der Waals surface area contributed by atoms with Crippen molar-refractivity contribution in [3.05, 3.63) is 22.7 Å². The van der Waals surface area contributed by atoms with E-state index >= 15 is 0 Å². The molecule has 16 heavy (non-hydrogen) atoms. The Morgan fingerprint density at radius 3 is 2.62 bits per heavy atom. The SMILES string of the molecule is COc1cc(CC(=O)N(C)C)c(Cl)cc1N. The van der Waals surface area contributed by atoms with E-state index in [1.54, 1.807) is 26.2 Å². The molecule has 1 aromatic carbocycles. The number of carbonyl (C=O) groups excluding carboxylic acids is 1. The number of nitrogen functional groups attached to an aromatic ring is 1. The van der Waals surface area contributed by atoms with Crippen molar-refractivity contribution in [1.82, 2.24) is 4.90 Å². The zero-order valence-corrected chi connectivity index (χ0v) is 10.3. The smallest absolute Gasteiger partial charge is 0.226 e. The van der Waals surface area contributed by atoms with Gasteiger partial charge in [-0.05, 0) is 17.7 Å². The lowest BCUT2D eigenvalue weighted by molar-refractivity contribution is -0.127. The van der Waals surface area contributed by atoms with E-state index in [0.29, 0.717) is 22.0 Å². The highest BCUT2D eigenvalue weighted by molar-refractivity contribution is 6.31. The number of amides is 1. The molecule has 1 rings (SSSR count). The molecule has 0 aromatic heterocycles. The lowest BCUT2D eigenvalue weighted by Gasteiger charge is -2.13. The number of hydrogen-bond acceptors (Lipinski definition) is 3. The topological polar surface area (TPSA) is 55.6 Å². The minimum atomic E-state index is -0.0197. The summed E-state index contributed by atoms with van der Waals surface area (Å²) < 4.78 is 5.07. The molecule has 0 atom stereocenters. The number of anilines is 1. The van der Waals surface area contributed by atoms with Crippen LogP contribution in [0.2, 0.25) is 5.02 Å². The highest BCUT2D eigenvalue weighted by Gasteiger charge is 2.12. The fourth-order valence-corrected chi connectivity index (χ4v) is 1.48. The Labute approximate surface area is 99.9 Å². The van der Waals surface area contributed by atoms with Gasteiger partial charge in [0.25, 0.3) is 0 Å². The van der Waals surface area contributed by atoms with Crippen LogP contribution >= 0.6 is 11.6 Å². The summed E-state index contributed by atoms with van der Waals surface area (Å²) in [7, 11) is 4.92. The van der Waals surface area contributed by atoms with Crippen molar-refractivity contribution in [3.8, 4) is 5.75 Å². The first-order chi connectivity index (χ1) is 7.45. The Hall–Kier alpha value is -1.42. The highest BCUT2D eigenvalue weighted by Crippen LogP contribution is 2.29. The summed E-state index contributed by atoms with van der Waals surface area (Å²) in [4.78, 5) is 13.1. The number of hydrogen-bond donors (Lipinski definition) is 1. The molecule has 0 saturated carbocycles. The fourth-order valence-electron chi connectivity index (χ4n) is 1.24. The molecule has 0 unspecified atom stereocenters. The Morgan fingerprint density at radius 2 is 2.12 bits per heavy atom. The van der Waals surface area contributed by atoms with Gasteiger partial charge >= 0.3 is 0 Å². The first kappa shape index (κ1) is 12.6. The van der Waals surface area contributed by atoms with Gasteiger partial charge in [0.15, 0.2) is 0 Å². The molecular weight excluding hydrogens is 228 g/mol. The molecule has 88 valence electrons. The molecule has 2 N–H and O–H groups in total. The van der Waals surface area contributed by atoms with Crippen LogP contribution in [0, 0.1) is 0 Å². The number of likely N-dealkylation sites (N-methyl/N-ethyl adjacent to an activating group) is 1. The van der Waals surface area contributed by atoms with E-state index in [1.165, 1.54) is 12.0 Å². The lowest BCUT2D eigenvalue weighted by Crippen LogP contribution is -2.23. The third kappa shape index (κ3) is 2.79. The van der Waals surface area contributed by atoms with Gasteiger partial charge < -0.3 is 15.4 Å². The van der Waals surface area contributed by atoms with Crippen LogP contribution in [0.25, 0.3) is 0 Å². The Morgan fingerprint density at radius 1 is 1.50 bits per heavy atom. The highest BCUT2D eigenvalue weighted by atomic mass is 35.5. The zero-order chi connectivity index (χ0) is 12.3. The number of benzene rings is 1. The molecule has 0 fully saturated rings. The summed E-state index contributed by atoms with van der Waals surface area (Å²) in [5.41, 5.74) is 6.87. The van der Waals surface area contributed by atoms with Crippen molar-refractivity contribution in [3.63, 3.8) is 0 Å². The number of carbonyl (C=O) groups is 1. The molecule has 0 spiro atoms. The van der Waals surface area contributed by atoms with Gasteiger partial charge in [0.1, 0.15) is 5.75 Å². The third-order valence-corrected chi connectivity index (χ3v) is 2.59. The minimum absolute atomic E-state index is 0.0197. The van der Waals surface area contributed by atoms with Crippen molar-refractivity contribution in [2.24, 2.45) is 0 Å². The van der Waals surface area contributed by atoms with Crippen molar-refractivity contribution in [1.29, 1.82) is 0 Å². The number of rotatable bonds is 3. The maximum Gasteiger partial charge on any atom is 0.226 e. The Bertz CT molecular complexity index is 405. The van der Waals surface area contributed by atoms with E-state index in [9.17, 15) is 4.79 Å². The molecule has 0 heterocycles. The van der Waals surface area contributed by atoms with Gasteiger partial charge in [0.2, 0.25) is 5.91 Å². The van der Waals surface area contributed by atoms with Gasteiger partial charge in [-0.1, -0.05) is 11.6 Å². The van der Waals surface area contributed by atoms with E-state index in [4.69, 9.17) is 22.1 Å². The van der Waals surface area contributed by atoms with Crippen LogP contribution in [0.3, 0.4) is 0 Å². The van der Waals surface area contributed by atoms with Gasteiger partial charge in [-0.3, -0.25) is 4.79 Å². The largest absolute Gasteiger partial charge is 0.495 e. The van der Waals surface area contributed by atoms with Crippen LogP contribution in [0.1, 0.15) is 5.56 Å². The second-order valence-electron chi connectivity index (χ2n) is 3.65. The monoisotopic (exact) mass is 242 g/mol. The predicted octanol–water partition coefficient (Wildman–Crippen LogP) is 1.56. The van der Waals surface area contributed by atoms with Gasteiger partial charge in [0.05, 0.1) is 19.2 Å². The predicted molar refractivity (Wildman–Crippen MR) is 64.8 cm³/mol. The zero-order valence-electron chi connectivity index (χ0n) is 9.58. The number of nitrogens with zero attached hydrogens (tertiary/aromatic N) is 1. The molecule has 0 saturated heterocycles. The molecule has 1 amide bonds. The third-order valence-electron chi connectivity index (χ3n) is 2.24. The van der Waals surface area contributed by atoms with Gasteiger partial charge in [-0.25, -0.2) is 0 Å². The molecule has 5 heteroatoms. The van der Waals surface area contributed by atoms with Gasteiger partial charge in [-0.2, -0.15) is 0 Å². The van der Waals surface area contributed by atoms with E-state index in [-0.39, 0.29) is 12.3 Å². The van der Waals surface area contributed by atoms with E-state index < -0.39 is 0 Å². The second kappa shape index (κ2) is 5.07. The Balaban J connectivity index is 3.00. The molecule has 0 radical (unpaired) electrons. The van der Waals surface area contributed by atoms with Crippen LogP contribution in [-0.4, -0.2) is 32.0 Å². The standard InChI is InChI=1S/C11H15ClN2O2/c1-14(2)11(15)5-7-4-10(16-3)9(13)6-8(7)12/h4,6H,5,13H2,1-3H3. The van der Waals surface area contributed by atoms with Crippen molar-refractivity contribution >= 4 is 23.2 Å². The summed E-state index contributed by atoms with van der Waals surface area (Å²) in [6, 6.07) is 3.29. The van der Waals surface area contributed by atoms with E-state index in [1.807, 2.05) is 0 Å². The molecule has 4 nitrogen and oxygen atoms in total. The molecule has 0 aliphatic heterocycles. The van der Waals surface area contributed by atoms with Crippen LogP contribution in [0.4, 0.5) is 5.69 Å². The number of ether oxygens (including phenoxy) is 1. The maximum atomic E-state index is 11.5. The quantitative estimate of drug-likeness (QED) is 0.819. The molecular formula is C11H15ClN2O2. The normalized spacial score (nSPS) is 10.0. The summed E-state index contributed by atoms with van der Waals surface area (Å²) >= 11 is 6.00. The first-order valence-electron chi connectivity index (χ1n) is 4.77. The summed E-state index contributed by atoms with van der Waals surface area (Å²) in [6.07, 6.45) is 0.239. The van der Waals surface area contributed by atoms with Crippen LogP contribution in [0.5, 0.6) is 5.75 Å². The number of methoxy groups -OCH3 is 1. The summed E-state index contributed by atoms with van der Waals surface area (Å²) in [6.45, 7) is 0. The number of nitrogens with two attached hydrogens (primary N) is 1. The van der Waals surface area contributed by atoms with Crippen molar-refractivity contribution in [2.75, 3.05) is 26.9 Å².